The van der Waals surface area contributed by atoms with Gasteiger partial charge in [0, 0.05) is 18.3 Å². The minimum Gasteiger partial charge on any atom is -0.375 e. The van der Waals surface area contributed by atoms with Crippen LogP contribution in [0.3, 0.4) is 0 Å². The second-order valence-corrected chi connectivity index (χ2v) is 10.1. The fraction of sp³-hybridized carbons (Fsp3) is 0.344. The van der Waals surface area contributed by atoms with Crippen LogP contribution in [0.4, 0.5) is 4.39 Å². The Hall–Kier alpha value is -4.22. The summed E-state index contributed by atoms with van der Waals surface area (Å²) in [6.07, 6.45) is 11.7. The van der Waals surface area contributed by atoms with Gasteiger partial charge in [-0.15, -0.1) is 0 Å². The summed E-state index contributed by atoms with van der Waals surface area (Å²) in [7, 11) is 0. The molecule has 1 atom stereocenters. The van der Waals surface area contributed by atoms with E-state index < -0.39 is 5.67 Å². The first-order chi connectivity index (χ1) is 19.3. The molecule has 0 spiro atoms. The van der Waals surface area contributed by atoms with Gasteiger partial charge in [0.1, 0.15) is 12.0 Å². The molecule has 7 nitrogen and oxygen atoms in total. The highest BCUT2D eigenvalue weighted by molar-refractivity contribution is 5.94. The molecule has 1 aliphatic heterocycles. The number of nitrogens with zero attached hydrogens (tertiary/aromatic N) is 4. The molecule has 206 valence electrons. The molecular weight excluding hydrogens is 505 g/mol. The zero-order chi connectivity index (χ0) is 28.5. The van der Waals surface area contributed by atoms with Gasteiger partial charge >= 0.3 is 0 Å². The zero-order valence-electron chi connectivity index (χ0n) is 23.2. The van der Waals surface area contributed by atoms with E-state index in [1.807, 2.05) is 49.4 Å². The fourth-order valence-electron chi connectivity index (χ4n) is 4.18. The van der Waals surface area contributed by atoms with Crippen LogP contribution in [0.2, 0.25) is 0 Å². The van der Waals surface area contributed by atoms with Crippen LogP contribution in [0.5, 0.6) is 0 Å². The number of pyridine rings is 1. The molecule has 1 aromatic carbocycles. The number of hydrogen-bond donors (Lipinski definition) is 1. The highest BCUT2D eigenvalue weighted by atomic mass is 19.1. The van der Waals surface area contributed by atoms with Gasteiger partial charge in [0.25, 0.3) is 5.91 Å². The van der Waals surface area contributed by atoms with Gasteiger partial charge < -0.3 is 10.1 Å². The lowest BCUT2D eigenvalue weighted by Gasteiger charge is -2.21. The Bertz CT molecular complexity index is 1540. The minimum absolute atomic E-state index is 0.184. The van der Waals surface area contributed by atoms with Crippen molar-refractivity contribution in [1.82, 2.24) is 20.3 Å². The fourth-order valence-corrected chi connectivity index (χ4v) is 4.18. The van der Waals surface area contributed by atoms with E-state index in [0.717, 1.165) is 57.9 Å². The number of halogens is 1. The maximum absolute atomic E-state index is 12.9. The molecule has 40 heavy (non-hydrogen) atoms. The number of aromatic nitrogens is 3. The average molecular weight is 540 g/mol. The largest absolute Gasteiger partial charge is 0.375 e. The summed E-state index contributed by atoms with van der Waals surface area (Å²) >= 11 is 0. The molecular formula is C32H34FN5O2. The van der Waals surface area contributed by atoms with E-state index in [4.69, 9.17) is 9.72 Å². The number of ether oxygens (including phenoxy) is 1. The van der Waals surface area contributed by atoms with Crippen LogP contribution in [-0.2, 0) is 11.3 Å². The van der Waals surface area contributed by atoms with Crippen molar-refractivity contribution >= 4 is 18.1 Å². The van der Waals surface area contributed by atoms with Crippen LogP contribution in [-0.4, -0.2) is 39.7 Å². The third-order valence-electron chi connectivity index (χ3n) is 6.77. The molecule has 1 amide bonds. The summed E-state index contributed by atoms with van der Waals surface area (Å²) in [4.78, 5) is 26.0. The smallest absolute Gasteiger partial charge is 0.251 e. The van der Waals surface area contributed by atoms with Gasteiger partial charge in [0.15, 0.2) is 0 Å². The van der Waals surface area contributed by atoms with Gasteiger partial charge in [-0.3, -0.25) is 4.79 Å². The highest BCUT2D eigenvalue weighted by Gasteiger charge is 2.36. The van der Waals surface area contributed by atoms with Crippen molar-refractivity contribution in [2.24, 2.45) is 0 Å². The van der Waals surface area contributed by atoms with Crippen molar-refractivity contribution < 1.29 is 13.9 Å². The predicted molar refractivity (Wildman–Crippen MR) is 153 cm³/mol. The number of fused-ring (bicyclic) bond motifs is 1. The van der Waals surface area contributed by atoms with Crippen molar-refractivity contribution in [2.75, 3.05) is 13.2 Å². The van der Waals surface area contributed by atoms with Gasteiger partial charge in [0.05, 0.1) is 41.9 Å². The summed E-state index contributed by atoms with van der Waals surface area (Å²) in [5.41, 5.74) is 4.08. The van der Waals surface area contributed by atoms with Gasteiger partial charge in [0.2, 0.25) is 0 Å². The Morgan fingerprint density at radius 3 is 2.70 bits per heavy atom. The SMILES string of the molecule is C/C=c1/ccc(-c2ccncn2)n/c1=C/C(=C/CC)CNC(=O)c1ccc2c(c1)C(C#N)COC2.CC1(F)CC1. The second-order valence-electron chi connectivity index (χ2n) is 10.1. The van der Waals surface area contributed by atoms with E-state index in [2.05, 4.69) is 34.4 Å². The summed E-state index contributed by atoms with van der Waals surface area (Å²) < 4.78 is 17.3. The molecule has 2 aliphatic rings. The Morgan fingerprint density at radius 1 is 1.25 bits per heavy atom. The Balaban J connectivity index is 0.000000666. The minimum atomic E-state index is -0.750. The summed E-state index contributed by atoms with van der Waals surface area (Å²) in [6, 6.07) is 13.5. The van der Waals surface area contributed by atoms with Gasteiger partial charge in [-0.25, -0.2) is 19.3 Å². The van der Waals surface area contributed by atoms with Crippen molar-refractivity contribution in [3.05, 3.63) is 87.8 Å². The highest BCUT2D eigenvalue weighted by Crippen LogP contribution is 2.38. The molecule has 1 saturated carbocycles. The average Bonchev–Trinajstić information content (AvgIpc) is 3.69. The standard InChI is InChI=1S/C28H27N5O2.C4H7F/c1-3-5-19(12-27-20(4-2)8-9-26(33-27)25-10-11-30-18-32-25)15-31-28(34)21-6-7-22-16-35-17-23(14-29)24(22)13-21;1-4(5)2-3-4/h4-13,18,23H,3,15-17H2,1-2H3,(H,31,34);2-3H2,1H3/b19-5-,20-4-,27-12+;. The molecule has 2 aromatic heterocycles. The van der Waals surface area contributed by atoms with E-state index in [1.54, 1.807) is 19.2 Å². The van der Waals surface area contributed by atoms with Crippen molar-refractivity contribution in [1.29, 1.82) is 5.26 Å². The second kappa shape index (κ2) is 13.2. The maximum Gasteiger partial charge on any atom is 0.251 e. The number of allylic oxidation sites excluding steroid dienone is 1. The third kappa shape index (κ3) is 7.67. The van der Waals surface area contributed by atoms with Crippen LogP contribution in [0.15, 0.2) is 60.6 Å². The van der Waals surface area contributed by atoms with E-state index in [-0.39, 0.29) is 11.8 Å². The molecule has 3 heterocycles. The Labute approximate surface area is 234 Å². The number of carbonyl (C=O) groups excluding carboxylic acids is 1. The number of hydrogen-bond acceptors (Lipinski definition) is 6. The van der Waals surface area contributed by atoms with Gasteiger partial charge in [-0.05, 0) is 85.4 Å². The summed E-state index contributed by atoms with van der Waals surface area (Å²) in [6.45, 7) is 6.83. The van der Waals surface area contributed by atoms with Crippen molar-refractivity contribution in [3.63, 3.8) is 0 Å². The number of benzene rings is 1. The number of amides is 1. The lowest BCUT2D eigenvalue weighted by Crippen LogP contribution is -2.30. The lowest BCUT2D eigenvalue weighted by atomic mass is 9.92. The quantitative estimate of drug-likeness (QED) is 0.494. The molecule has 0 saturated heterocycles. The normalized spacial score (nSPS) is 18.2. The molecule has 1 aliphatic carbocycles. The number of nitrogens with one attached hydrogen (secondary N) is 1. The molecule has 1 N–H and O–H groups in total. The number of carbonyl (C=O) groups is 1. The Kier molecular flexibility index (Phi) is 9.52. The van der Waals surface area contributed by atoms with Crippen LogP contribution < -0.4 is 15.9 Å². The van der Waals surface area contributed by atoms with Gasteiger partial charge in [-0.1, -0.05) is 31.2 Å². The first-order valence-corrected chi connectivity index (χ1v) is 13.5. The number of nitriles is 1. The van der Waals surface area contributed by atoms with Crippen molar-refractivity contribution in [3.8, 4) is 17.5 Å². The van der Waals surface area contributed by atoms with Gasteiger partial charge in [-0.2, -0.15) is 5.26 Å². The predicted octanol–water partition coefficient (Wildman–Crippen LogP) is 4.53. The number of alkyl halides is 1. The summed E-state index contributed by atoms with van der Waals surface area (Å²) in [5.74, 6) is -0.538. The Morgan fingerprint density at radius 2 is 2.05 bits per heavy atom. The molecule has 1 unspecified atom stereocenters. The topological polar surface area (TPSA) is 101 Å². The molecule has 0 bridgehead atoms. The first-order valence-electron chi connectivity index (χ1n) is 13.5. The molecule has 3 aromatic rings. The first kappa shape index (κ1) is 28.8. The molecule has 5 rings (SSSR count). The molecule has 8 heteroatoms. The monoisotopic (exact) mass is 539 g/mol. The van der Waals surface area contributed by atoms with E-state index in [0.29, 0.717) is 25.3 Å². The number of rotatable bonds is 6. The van der Waals surface area contributed by atoms with E-state index >= 15 is 0 Å². The van der Waals surface area contributed by atoms with E-state index in [9.17, 15) is 14.4 Å². The summed E-state index contributed by atoms with van der Waals surface area (Å²) in [5, 5.41) is 14.2. The molecule has 1 fully saturated rings. The van der Waals surface area contributed by atoms with Crippen molar-refractivity contribution in [2.45, 2.75) is 58.2 Å². The third-order valence-corrected chi connectivity index (χ3v) is 6.77. The van der Waals surface area contributed by atoms with Crippen LogP contribution in [0.25, 0.3) is 23.5 Å². The van der Waals surface area contributed by atoms with Crippen LogP contribution in [0, 0.1) is 11.3 Å². The maximum atomic E-state index is 12.9. The van der Waals surface area contributed by atoms with Crippen LogP contribution in [0.1, 0.15) is 67.4 Å². The lowest BCUT2D eigenvalue weighted by molar-refractivity contribution is 0.0952. The van der Waals surface area contributed by atoms with Crippen LogP contribution >= 0.6 is 0 Å². The van der Waals surface area contributed by atoms with E-state index in [1.165, 1.54) is 6.33 Å². The zero-order valence-corrected chi connectivity index (χ0v) is 23.2. The molecule has 0 radical (unpaired) electrons.